The van der Waals surface area contributed by atoms with Gasteiger partial charge < -0.3 is 19.5 Å². The second-order valence-corrected chi connectivity index (χ2v) is 11.1. The number of amides is 1. The normalized spacial score (nSPS) is 14.0. The molecule has 8 nitrogen and oxygen atoms in total. The molecule has 3 aromatic rings. The van der Waals surface area contributed by atoms with Crippen molar-refractivity contribution in [3.63, 3.8) is 0 Å². The van der Waals surface area contributed by atoms with Crippen molar-refractivity contribution in [2.24, 2.45) is 0 Å². The zero-order valence-corrected chi connectivity index (χ0v) is 23.8. The standard InChI is InChI=1S/C30H33FN2O6S/c1-5-8-21-11-13-23(14-12-21)39-16-15-32-30(34)29-20(2)24-17-27(37-3)28(38-4)18-26(24)33(40(29,35)36)19-22-9-6-7-10-25(22)31/h6-7,9-14,17-18H,5,8,15-16,19H2,1-4H3,(H,32,34). The molecule has 0 spiro atoms. The van der Waals surface area contributed by atoms with Crippen LogP contribution < -0.4 is 23.8 Å². The van der Waals surface area contributed by atoms with E-state index in [2.05, 4.69) is 12.2 Å². The molecule has 1 amide bonds. The Morgan fingerprint density at radius 2 is 1.68 bits per heavy atom. The Morgan fingerprint density at radius 1 is 1.00 bits per heavy atom. The number of nitrogens with zero attached hydrogens (tertiary/aromatic N) is 1. The number of allylic oxidation sites excluding steroid dienone is 1. The first-order valence-corrected chi connectivity index (χ1v) is 14.4. The maximum absolute atomic E-state index is 14.6. The smallest absolute Gasteiger partial charge is 0.270 e. The molecular formula is C30H33FN2O6S. The maximum Gasteiger partial charge on any atom is 0.270 e. The third-order valence-electron chi connectivity index (χ3n) is 6.66. The highest BCUT2D eigenvalue weighted by Crippen LogP contribution is 2.45. The van der Waals surface area contributed by atoms with Gasteiger partial charge in [0, 0.05) is 17.2 Å². The second kappa shape index (κ2) is 12.4. The predicted molar refractivity (Wildman–Crippen MR) is 153 cm³/mol. The lowest BCUT2D eigenvalue weighted by atomic mass is 10.0. The van der Waals surface area contributed by atoms with Gasteiger partial charge in [-0.05, 0) is 48.7 Å². The molecule has 40 heavy (non-hydrogen) atoms. The van der Waals surface area contributed by atoms with Gasteiger partial charge in [-0.25, -0.2) is 12.8 Å². The Kier molecular flexibility index (Phi) is 8.99. The van der Waals surface area contributed by atoms with Gasteiger partial charge in [0.2, 0.25) is 0 Å². The fourth-order valence-electron chi connectivity index (χ4n) is 4.62. The summed E-state index contributed by atoms with van der Waals surface area (Å²) in [6.07, 6.45) is 2.03. The number of fused-ring (bicyclic) bond motifs is 1. The van der Waals surface area contributed by atoms with Crippen LogP contribution in [0.2, 0.25) is 0 Å². The highest BCUT2D eigenvalue weighted by molar-refractivity contribution is 7.97. The van der Waals surface area contributed by atoms with E-state index in [1.54, 1.807) is 19.1 Å². The molecule has 1 aliphatic rings. The molecule has 10 heteroatoms. The summed E-state index contributed by atoms with van der Waals surface area (Å²) in [5.41, 5.74) is 2.32. The fraction of sp³-hybridized carbons (Fsp3) is 0.300. The van der Waals surface area contributed by atoms with E-state index in [9.17, 15) is 17.6 Å². The molecule has 0 fully saturated rings. The topological polar surface area (TPSA) is 94.2 Å². The van der Waals surface area contributed by atoms with E-state index in [1.807, 2.05) is 24.3 Å². The maximum atomic E-state index is 14.6. The number of halogens is 1. The third kappa shape index (κ3) is 5.91. The number of rotatable bonds is 11. The predicted octanol–water partition coefficient (Wildman–Crippen LogP) is 5.07. The molecule has 1 N–H and O–H groups in total. The molecule has 212 valence electrons. The number of carbonyl (C=O) groups is 1. The lowest BCUT2D eigenvalue weighted by molar-refractivity contribution is -0.116. The van der Waals surface area contributed by atoms with E-state index in [4.69, 9.17) is 14.2 Å². The number of hydrogen-bond donors (Lipinski definition) is 1. The highest BCUT2D eigenvalue weighted by Gasteiger charge is 2.40. The van der Waals surface area contributed by atoms with Gasteiger partial charge in [0.15, 0.2) is 16.4 Å². The number of hydrogen-bond acceptors (Lipinski definition) is 6. The molecule has 4 rings (SSSR count). The van der Waals surface area contributed by atoms with Gasteiger partial charge in [-0.3, -0.25) is 9.10 Å². The van der Waals surface area contributed by atoms with Gasteiger partial charge >= 0.3 is 0 Å². The van der Waals surface area contributed by atoms with Crippen LogP contribution in [0.3, 0.4) is 0 Å². The molecule has 0 radical (unpaired) electrons. The summed E-state index contributed by atoms with van der Waals surface area (Å²) in [6.45, 7) is 3.58. The lowest BCUT2D eigenvalue weighted by Gasteiger charge is -2.33. The van der Waals surface area contributed by atoms with Crippen LogP contribution in [-0.4, -0.2) is 41.7 Å². The average Bonchev–Trinajstić information content (AvgIpc) is 2.94. The van der Waals surface area contributed by atoms with Crippen molar-refractivity contribution in [2.75, 3.05) is 31.7 Å². The summed E-state index contributed by atoms with van der Waals surface area (Å²) < 4.78 is 60.0. The largest absolute Gasteiger partial charge is 0.493 e. The van der Waals surface area contributed by atoms with Crippen LogP contribution in [-0.2, 0) is 27.8 Å². The molecule has 0 aliphatic carbocycles. The molecule has 0 unspecified atom stereocenters. The van der Waals surface area contributed by atoms with Crippen molar-refractivity contribution < 1.29 is 31.8 Å². The average molecular weight is 569 g/mol. The molecule has 1 heterocycles. The van der Waals surface area contributed by atoms with Crippen LogP contribution >= 0.6 is 0 Å². The van der Waals surface area contributed by atoms with Gasteiger partial charge in [-0.15, -0.1) is 0 Å². The van der Waals surface area contributed by atoms with Crippen molar-refractivity contribution in [2.45, 2.75) is 33.2 Å². The molecule has 0 aromatic heterocycles. The van der Waals surface area contributed by atoms with Gasteiger partial charge in [0.05, 0.1) is 33.0 Å². The van der Waals surface area contributed by atoms with E-state index in [0.717, 1.165) is 17.1 Å². The number of sulfonamides is 1. The van der Waals surface area contributed by atoms with Gasteiger partial charge in [0.25, 0.3) is 15.9 Å². The summed E-state index contributed by atoms with van der Waals surface area (Å²) in [4.78, 5) is 12.9. The first kappa shape index (κ1) is 28.9. The fourth-order valence-corrected chi connectivity index (χ4v) is 6.37. The minimum absolute atomic E-state index is 0.0773. The first-order chi connectivity index (χ1) is 19.2. The van der Waals surface area contributed by atoms with E-state index >= 15 is 0 Å². The number of nitrogens with one attached hydrogen (secondary N) is 1. The van der Waals surface area contributed by atoms with Gasteiger partial charge in [0.1, 0.15) is 18.2 Å². The van der Waals surface area contributed by atoms with Crippen LogP contribution in [0.15, 0.2) is 65.6 Å². The van der Waals surface area contributed by atoms with Gasteiger partial charge in [-0.2, -0.15) is 0 Å². The Hall–Kier alpha value is -4.05. The molecule has 0 atom stereocenters. The molecule has 1 aliphatic heterocycles. The zero-order valence-electron chi connectivity index (χ0n) is 23.0. The molecule has 0 saturated carbocycles. The number of aryl methyl sites for hydroxylation is 1. The molecule has 0 saturated heterocycles. The van der Waals surface area contributed by atoms with Crippen molar-refractivity contribution in [1.29, 1.82) is 0 Å². The van der Waals surface area contributed by atoms with E-state index in [0.29, 0.717) is 22.8 Å². The Labute approximate surface area is 234 Å². The number of anilines is 1. The van der Waals surface area contributed by atoms with Crippen molar-refractivity contribution >= 4 is 27.2 Å². The first-order valence-electron chi connectivity index (χ1n) is 12.9. The summed E-state index contributed by atoms with van der Waals surface area (Å²) in [6, 6.07) is 16.8. The summed E-state index contributed by atoms with van der Waals surface area (Å²) >= 11 is 0. The quantitative estimate of drug-likeness (QED) is 0.325. The van der Waals surface area contributed by atoms with Crippen molar-refractivity contribution in [3.8, 4) is 17.2 Å². The minimum Gasteiger partial charge on any atom is -0.493 e. The Morgan fingerprint density at radius 3 is 2.33 bits per heavy atom. The number of ether oxygens (including phenoxy) is 3. The van der Waals surface area contributed by atoms with E-state index < -0.39 is 26.7 Å². The molecule has 3 aromatic carbocycles. The summed E-state index contributed by atoms with van der Waals surface area (Å²) in [5, 5.41) is 2.66. The summed E-state index contributed by atoms with van der Waals surface area (Å²) in [7, 11) is -1.49. The van der Waals surface area contributed by atoms with Crippen LogP contribution in [0.5, 0.6) is 17.2 Å². The lowest BCUT2D eigenvalue weighted by Crippen LogP contribution is -2.41. The van der Waals surface area contributed by atoms with Gasteiger partial charge in [-0.1, -0.05) is 43.7 Å². The monoisotopic (exact) mass is 568 g/mol. The SMILES string of the molecule is CCCc1ccc(OCCNC(=O)C2=C(C)c3cc(OC)c(OC)cc3N(Cc3ccccc3F)S2(=O)=O)cc1. The number of benzene rings is 3. The molecule has 0 bridgehead atoms. The molecular weight excluding hydrogens is 535 g/mol. The van der Waals surface area contributed by atoms with Crippen molar-refractivity contribution in [1.82, 2.24) is 5.32 Å². The summed E-state index contributed by atoms with van der Waals surface area (Å²) in [5.74, 6) is -0.0181. The number of methoxy groups -OCH3 is 2. The van der Waals surface area contributed by atoms with Crippen LogP contribution in [0, 0.1) is 5.82 Å². The van der Waals surface area contributed by atoms with Crippen LogP contribution in [0.1, 0.15) is 37.0 Å². The number of carbonyl (C=O) groups excluding carboxylic acids is 1. The van der Waals surface area contributed by atoms with E-state index in [1.165, 1.54) is 44.0 Å². The Bertz CT molecular complexity index is 1520. The Balaban J connectivity index is 1.62. The zero-order chi connectivity index (χ0) is 28.9. The third-order valence-corrected chi connectivity index (χ3v) is 8.57. The van der Waals surface area contributed by atoms with Crippen molar-refractivity contribution in [3.05, 3.63) is 88.1 Å². The van der Waals surface area contributed by atoms with E-state index in [-0.39, 0.29) is 36.5 Å². The minimum atomic E-state index is -4.39. The van der Waals surface area contributed by atoms with Crippen LogP contribution in [0.4, 0.5) is 10.1 Å². The second-order valence-electron chi connectivity index (χ2n) is 9.28. The highest BCUT2D eigenvalue weighted by atomic mass is 32.2. The van der Waals surface area contributed by atoms with Crippen LogP contribution in [0.25, 0.3) is 5.57 Å².